The number of aliphatic imine (C=N–C) groups is 1. The molecule has 0 aliphatic heterocycles. The monoisotopic (exact) mass is 496 g/mol. The number of aryl methyl sites for hydroxylation is 1. The summed E-state index contributed by atoms with van der Waals surface area (Å²) in [5, 5.41) is 7.74. The summed E-state index contributed by atoms with van der Waals surface area (Å²) in [6.45, 7) is 6.29. The number of hydrogen-bond acceptors (Lipinski definition) is 4. The van der Waals surface area contributed by atoms with Crippen LogP contribution in [0.15, 0.2) is 54.2 Å². The lowest BCUT2D eigenvalue weighted by molar-refractivity contribution is 0.810. The van der Waals surface area contributed by atoms with Gasteiger partial charge in [-0.15, -0.1) is 35.3 Å². The number of nitrogens with zero attached hydrogens (tertiary/aromatic N) is 4. The molecule has 0 aliphatic carbocycles. The fourth-order valence-electron chi connectivity index (χ4n) is 2.56. The van der Waals surface area contributed by atoms with Gasteiger partial charge in [-0.05, 0) is 25.0 Å². The van der Waals surface area contributed by atoms with Crippen LogP contribution in [0.4, 0.5) is 0 Å². The van der Waals surface area contributed by atoms with Gasteiger partial charge in [0.1, 0.15) is 5.01 Å². The Labute approximate surface area is 181 Å². The predicted octanol–water partition coefficient (Wildman–Crippen LogP) is 3.76. The van der Waals surface area contributed by atoms with Crippen LogP contribution in [0, 0.1) is 0 Å². The van der Waals surface area contributed by atoms with Gasteiger partial charge in [0.15, 0.2) is 5.96 Å². The molecule has 3 rings (SSSR count). The zero-order chi connectivity index (χ0) is 18.2. The second kappa shape index (κ2) is 11.0. The molecule has 27 heavy (non-hydrogen) atoms. The summed E-state index contributed by atoms with van der Waals surface area (Å²) >= 11 is 1.74. The van der Waals surface area contributed by atoms with E-state index >= 15 is 0 Å². The third-order valence-corrected chi connectivity index (χ3v) is 5.02. The Morgan fingerprint density at radius 1 is 1.22 bits per heavy atom. The summed E-state index contributed by atoms with van der Waals surface area (Å²) < 4.78 is 2.01. The van der Waals surface area contributed by atoms with Crippen molar-refractivity contribution in [2.45, 2.75) is 33.4 Å². The van der Waals surface area contributed by atoms with E-state index in [-0.39, 0.29) is 24.0 Å². The van der Waals surface area contributed by atoms with Crippen molar-refractivity contribution in [1.29, 1.82) is 0 Å². The first-order valence-electron chi connectivity index (χ1n) is 8.82. The molecular weight excluding hydrogens is 471 g/mol. The molecule has 0 spiro atoms. The number of rotatable bonds is 7. The lowest BCUT2D eigenvalue weighted by Crippen LogP contribution is -2.36. The molecule has 2 heterocycles. The molecule has 144 valence electrons. The summed E-state index contributed by atoms with van der Waals surface area (Å²) in [4.78, 5) is 14.6. The number of aromatic nitrogens is 3. The van der Waals surface area contributed by atoms with Crippen molar-refractivity contribution in [2.24, 2.45) is 4.99 Å². The van der Waals surface area contributed by atoms with Gasteiger partial charge in [0.05, 0.1) is 25.1 Å². The second-order valence-electron chi connectivity index (χ2n) is 5.72. The highest BCUT2D eigenvalue weighted by Gasteiger charge is 2.05. The molecule has 0 bridgehead atoms. The van der Waals surface area contributed by atoms with Gasteiger partial charge in [0, 0.05) is 30.0 Å². The molecular formula is C19H25IN6S. The minimum absolute atomic E-state index is 0. The van der Waals surface area contributed by atoms with Gasteiger partial charge in [-0.3, -0.25) is 0 Å². The van der Waals surface area contributed by atoms with Crippen LogP contribution in [0.1, 0.15) is 29.3 Å². The quantitative estimate of drug-likeness (QED) is 0.297. The summed E-state index contributed by atoms with van der Waals surface area (Å²) in [5.41, 5.74) is 2.24. The lowest BCUT2D eigenvalue weighted by atomic mass is 10.2. The van der Waals surface area contributed by atoms with E-state index in [1.165, 1.54) is 4.88 Å². The van der Waals surface area contributed by atoms with E-state index in [1.807, 2.05) is 29.1 Å². The molecule has 0 saturated carbocycles. The van der Waals surface area contributed by atoms with Gasteiger partial charge in [0.2, 0.25) is 0 Å². The second-order valence-corrected chi connectivity index (χ2v) is 6.92. The molecule has 1 aromatic carbocycles. The summed E-state index contributed by atoms with van der Waals surface area (Å²) in [6.07, 6.45) is 8.51. The van der Waals surface area contributed by atoms with Gasteiger partial charge in [-0.1, -0.05) is 25.1 Å². The summed E-state index contributed by atoms with van der Waals surface area (Å²) in [6, 6.07) is 8.23. The molecule has 6 nitrogen and oxygen atoms in total. The number of imidazole rings is 1. The zero-order valence-electron chi connectivity index (χ0n) is 15.6. The van der Waals surface area contributed by atoms with Crippen molar-refractivity contribution in [1.82, 2.24) is 25.2 Å². The van der Waals surface area contributed by atoms with Crippen molar-refractivity contribution in [3.8, 4) is 5.69 Å². The Morgan fingerprint density at radius 2 is 2.07 bits per heavy atom. The minimum atomic E-state index is 0. The average Bonchev–Trinajstić information content (AvgIpc) is 3.36. The smallest absolute Gasteiger partial charge is 0.191 e. The van der Waals surface area contributed by atoms with Gasteiger partial charge in [-0.2, -0.15) is 0 Å². The van der Waals surface area contributed by atoms with E-state index in [4.69, 9.17) is 4.99 Å². The maximum Gasteiger partial charge on any atom is 0.191 e. The summed E-state index contributed by atoms with van der Waals surface area (Å²) in [7, 11) is 0. The molecule has 2 aromatic heterocycles. The van der Waals surface area contributed by atoms with Gasteiger partial charge < -0.3 is 15.2 Å². The van der Waals surface area contributed by atoms with E-state index in [1.54, 1.807) is 23.9 Å². The lowest BCUT2D eigenvalue weighted by Gasteiger charge is -2.12. The Kier molecular flexibility index (Phi) is 8.73. The standard InChI is InChI=1S/C19H24N6S.HI/c1-3-16-12-22-18(26-16)13-24-19(21-4-2)23-11-15-7-5-6-8-17(15)25-10-9-20-14-25;/h5-10,12,14H,3-4,11,13H2,1-2H3,(H2,21,23,24);1H. The molecule has 0 atom stereocenters. The van der Waals surface area contributed by atoms with Crippen molar-refractivity contribution in [2.75, 3.05) is 6.54 Å². The Balaban J connectivity index is 0.00000261. The first-order chi connectivity index (χ1) is 12.8. The first kappa shape index (κ1) is 21.4. The minimum Gasteiger partial charge on any atom is -0.357 e. The number of para-hydroxylation sites is 1. The van der Waals surface area contributed by atoms with Crippen LogP contribution in [0.25, 0.3) is 5.69 Å². The van der Waals surface area contributed by atoms with Crippen molar-refractivity contribution < 1.29 is 0 Å². The van der Waals surface area contributed by atoms with Crippen LogP contribution in [0.5, 0.6) is 0 Å². The van der Waals surface area contributed by atoms with Crippen LogP contribution in [0.2, 0.25) is 0 Å². The van der Waals surface area contributed by atoms with E-state index in [9.17, 15) is 0 Å². The number of thiazole rings is 1. The fourth-order valence-corrected chi connectivity index (χ4v) is 3.36. The maximum atomic E-state index is 4.73. The van der Waals surface area contributed by atoms with Crippen molar-refractivity contribution in [3.05, 3.63) is 64.6 Å². The molecule has 0 unspecified atom stereocenters. The van der Waals surface area contributed by atoms with Gasteiger partial charge in [0.25, 0.3) is 0 Å². The molecule has 0 amide bonds. The van der Waals surface area contributed by atoms with Crippen LogP contribution in [-0.4, -0.2) is 27.0 Å². The van der Waals surface area contributed by atoms with Crippen LogP contribution in [0.3, 0.4) is 0 Å². The Hall–Kier alpha value is -1.94. The predicted molar refractivity (Wildman–Crippen MR) is 122 cm³/mol. The molecule has 0 aliphatic rings. The summed E-state index contributed by atoms with van der Waals surface area (Å²) in [5.74, 6) is 0.793. The van der Waals surface area contributed by atoms with E-state index < -0.39 is 0 Å². The molecule has 2 N–H and O–H groups in total. The highest BCUT2D eigenvalue weighted by molar-refractivity contribution is 14.0. The van der Waals surface area contributed by atoms with Crippen LogP contribution >= 0.6 is 35.3 Å². The maximum absolute atomic E-state index is 4.73. The fraction of sp³-hybridized carbons (Fsp3) is 0.316. The third kappa shape index (κ3) is 6.03. The number of halogens is 1. The third-order valence-electron chi connectivity index (χ3n) is 3.88. The number of guanidine groups is 1. The molecule has 0 radical (unpaired) electrons. The molecule has 8 heteroatoms. The topological polar surface area (TPSA) is 67.1 Å². The molecule has 3 aromatic rings. The Morgan fingerprint density at radius 3 is 2.78 bits per heavy atom. The first-order valence-corrected chi connectivity index (χ1v) is 9.63. The number of nitrogens with one attached hydrogen (secondary N) is 2. The van der Waals surface area contributed by atoms with Crippen molar-refractivity contribution in [3.63, 3.8) is 0 Å². The average molecular weight is 496 g/mol. The van der Waals surface area contributed by atoms with Gasteiger partial charge in [-0.25, -0.2) is 15.0 Å². The van der Waals surface area contributed by atoms with E-state index in [2.05, 4.69) is 46.6 Å². The molecule has 0 saturated heterocycles. The van der Waals surface area contributed by atoms with E-state index in [0.717, 1.165) is 35.2 Å². The zero-order valence-corrected chi connectivity index (χ0v) is 18.7. The normalized spacial score (nSPS) is 11.1. The van der Waals surface area contributed by atoms with Crippen LogP contribution < -0.4 is 10.6 Å². The number of hydrogen-bond donors (Lipinski definition) is 2. The van der Waals surface area contributed by atoms with Gasteiger partial charge >= 0.3 is 0 Å². The highest BCUT2D eigenvalue weighted by atomic mass is 127. The molecule has 0 fully saturated rings. The number of benzene rings is 1. The van der Waals surface area contributed by atoms with Crippen molar-refractivity contribution >= 4 is 41.3 Å². The SMILES string of the molecule is CCNC(=NCc1ccccc1-n1ccnc1)NCc1ncc(CC)s1.I. The van der Waals surface area contributed by atoms with Crippen LogP contribution in [-0.2, 0) is 19.5 Å². The largest absolute Gasteiger partial charge is 0.357 e. The Bertz CT molecular complexity index is 844. The van der Waals surface area contributed by atoms with E-state index in [0.29, 0.717) is 13.1 Å². The highest BCUT2D eigenvalue weighted by Crippen LogP contribution is 2.15.